The molecule has 0 N–H and O–H groups in total. The van der Waals surface area contributed by atoms with Crippen LogP contribution in [-0.4, -0.2) is 25.0 Å². The van der Waals surface area contributed by atoms with E-state index in [1.807, 2.05) is 49.6 Å². The van der Waals surface area contributed by atoms with Crippen molar-refractivity contribution in [3.63, 3.8) is 0 Å². The molecule has 1 aromatic carbocycles. The van der Waals surface area contributed by atoms with Crippen molar-refractivity contribution >= 4 is 23.1 Å². The molecule has 0 spiro atoms. The maximum absolute atomic E-state index is 5.84. The van der Waals surface area contributed by atoms with E-state index >= 15 is 0 Å². The summed E-state index contributed by atoms with van der Waals surface area (Å²) in [5, 5.41) is 19.7. The van der Waals surface area contributed by atoms with Crippen LogP contribution in [-0.2, 0) is 6.54 Å². The number of hydrogen-bond donors (Lipinski definition) is 0. The zero-order valence-electron chi connectivity index (χ0n) is 14.4. The molecule has 0 aliphatic heterocycles. The Morgan fingerprint density at radius 3 is 2.69 bits per heavy atom. The highest BCUT2D eigenvalue weighted by molar-refractivity contribution is 7.99. The first kappa shape index (κ1) is 17.0. The van der Waals surface area contributed by atoms with Crippen LogP contribution in [0.1, 0.15) is 29.5 Å². The molecule has 0 bridgehead atoms. The third kappa shape index (κ3) is 3.56. The fraction of sp³-hybridized carbons (Fsp3) is 0.222. The molecule has 8 heteroatoms. The molecule has 0 saturated carbocycles. The summed E-state index contributed by atoms with van der Waals surface area (Å²) in [6.45, 7) is 4.73. The zero-order valence-corrected chi connectivity index (χ0v) is 16.0. The molecule has 0 aliphatic rings. The molecule has 6 nitrogen and oxygen atoms in total. The quantitative estimate of drug-likeness (QED) is 0.453. The van der Waals surface area contributed by atoms with Gasteiger partial charge in [0, 0.05) is 0 Å². The molecule has 3 heterocycles. The maximum atomic E-state index is 5.84. The largest absolute Gasteiger partial charge is 0.419 e. The maximum Gasteiger partial charge on any atom is 0.257 e. The summed E-state index contributed by atoms with van der Waals surface area (Å²) in [7, 11) is 0. The number of aromatic nitrogens is 5. The average molecular weight is 384 g/mol. The molecular weight excluding hydrogens is 366 g/mol. The molecule has 0 fully saturated rings. The van der Waals surface area contributed by atoms with Crippen molar-refractivity contribution in [1.29, 1.82) is 0 Å². The summed E-state index contributed by atoms with van der Waals surface area (Å²) in [5.74, 6) is 2.03. The van der Waals surface area contributed by atoms with Gasteiger partial charge < -0.3 is 8.98 Å². The Bertz CT molecular complexity index is 978. The zero-order chi connectivity index (χ0) is 17.9. The van der Waals surface area contributed by atoms with Crippen molar-refractivity contribution in [2.45, 2.75) is 30.8 Å². The highest BCUT2D eigenvalue weighted by Gasteiger charge is 2.20. The Balaban J connectivity index is 1.52. The van der Waals surface area contributed by atoms with Gasteiger partial charge in [0.15, 0.2) is 5.16 Å². The van der Waals surface area contributed by atoms with Gasteiger partial charge in [-0.1, -0.05) is 48.2 Å². The molecule has 4 aromatic rings. The Kier molecular flexibility index (Phi) is 4.85. The first-order valence-corrected chi connectivity index (χ1v) is 9.94. The molecule has 1 atom stereocenters. The molecular formula is C18H17N5OS2. The van der Waals surface area contributed by atoms with Gasteiger partial charge in [-0.2, -0.15) is 0 Å². The Labute approximate surface area is 159 Å². The molecule has 0 saturated heterocycles. The van der Waals surface area contributed by atoms with E-state index in [0.717, 1.165) is 22.4 Å². The first-order chi connectivity index (χ1) is 12.7. The highest BCUT2D eigenvalue weighted by atomic mass is 32.2. The lowest BCUT2D eigenvalue weighted by molar-refractivity contribution is 0.509. The van der Waals surface area contributed by atoms with Gasteiger partial charge in [-0.25, -0.2) is 0 Å². The van der Waals surface area contributed by atoms with E-state index < -0.39 is 0 Å². The predicted octanol–water partition coefficient (Wildman–Crippen LogP) is 4.60. The van der Waals surface area contributed by atoms with Gasteiger partial charge in [0.1, 0.15) is 5.82 Å². The fourth-order valence-electron chi connectivity index (χ4n) is 2.50. The minimum Gasteiger partial charge on any atom is -0.419 e. The van der Waals surface area contributed by atoms with Crippen LogP contribution in [0.3, 0.4) is 0 Å². The normalized spacial score (nSPS) is 12.4. The fourth-order valence-corrected chi connectivity index (χ4v) is 4.07. The van der Waals surface area contributed by atoms with Gasteiger partial charge in [-0.05, 0) is 30.9 Å². The minimum atomic E-state index is -0.0191. The molecule has 132 valence electrons. The van der Waals surface area contributed by atoms with Crippen LogP contribution in [0.15, 0.2) is 57.4 Å². The van der Waals surface area contributed by atoms with Crippen LogP contribution in [0.25, 0.3) is 10.8 Å². The van der Waals surface area contributed by atoms with Crippen molar-refractivity contribution in [2.24, 2.45) is 0 Å². The SMILES string of the molecule is Cc1nnc(SC(C)c2nnc(-c3cccs3)o2)n1Cc1ccccc1. The van der Waals surface area contributed by atoms with Gasteiger partial charge in [0.25, 0.3) is 5.89 Å². The van der Waals surface area contributed by atoms with Gasteiger partial charge >= 0.3 is 0 Å². The Hall–Kier alpha value is -2.45. The van der Waals surface area contributed by atoms with Crippen LogP contribution in [0.2, 0.25) is 0 Å². The second-order valence-electron chi connectivity index (χ2n) is 5.78. The van der Waals surface area contributed by atoms with Gasteiger partial charge in [-0.15, -0.1) is 31.7 Å². The van der Waals surface area contributed by atoms with Crippen LogP contribution in [0, 0.1) is 6.92 Å². The van der Waals surface area contributed by atoms with Crippen molar-refractivity contribution in [1.82, 2.24) is 25.0 Å². The van der Waals surface area contributed by atoms with Crippen molar-refractivity contribution < 1.29 is 4.42 Å². The molecule has 0 aliphatic carbocycles. The molecule has 3 aromatic heterocycles. The Morgan fingerprint density at radius 1 is 1.08 bits per heavy atom. The monoisotopic (exact) mass is 383 g/mol. The van der Waals surface area contributed by atoms with E-state index in [9.17, 15) is 0 Å². The standard InChI is InChI=1S/C18H17N5OS2/c1-12(16-20-21-17(24-16)15-9-6-10-25-15)26-18-22-19-13(2)23(18)11-14-7-4-3-5-8-14/h3-10,12H,11H2,1-2H3. The average Bonchev–Trinajstić information content (AvgIpc) is 3.39. The van der Waals surface area contributed by atoms with Gasteiger partial charge in [-0.3, -0.25) is 0 Å². The third-order valence-electron chi connectivity index (χ3n) is 3.89. The summed E-state index contributed by atoms with van der Waals surface area (Å²) in [6, 6.07) is 14.2. The first-order valence-electron chi connectivity index (χ1n) is 8.18. The molecule has 1 unspecified atom stereocenters. The lowest BCUT2D eigenvalue weighted by atomic mass is 10.2. The second kappa shape index (κ2) is 7.43. The summed E-state index contributed by atoms with van der Waals surface area (Å²) in [5.41, 5.74) is 1.21. The van der Waals surface area contributed by atoms with E-state index in [1.54, 1.807) is 23.1 Å². The van der Waals surface area contributed by atoms with Crippen molar-refractivity contribution in [3.05, 3.63) is 65.1 Å². The lowest BCUT2D eigenvalue weighted by Gasteiger charge is -2.10. The van der Waals surface area contributed by atoms with Crippen molar-refractivity contribution in [3.8, 4) is 10.8 Å². The van der Waals surface area contributed by atoms with E-state index in [1.165, 1.54) is 5.56 Å². The molecule has 0 amide bonds. The van der Waals surface area contributed by atoms with Crippen LogP contribution < -0.4 is 0 Å². The number of rotatable bonds is 6. The number of nitrogens with zero attached hydrogens (tertiary/aromatic N) is 5. The summed E-state index contributed by atoms with van der Waals surface area (Å²) in [6.07, 6.45) is 0. The van der Waals surface area contributed by atoms with E-state index in [2.05, 4.69) is 37.1 Å². The summed E-state index contributed by atoms with van der Waals surface area (Å²) in [4.78, 5) is 0.976. The topological polar surface area (TPSA) is 69.6 Å². The predicted molar refractivity (Wildman–Crippen MR) is 102 cm³/mol. The number of aryl methyl sites for hydroxylation is 1. The van der Waals surface area contributed by atoms with Crippen LogP contribution in [0.5, 0.6) is 0 Å². The summed E-state index contributed by atoms with van der Waals surface area (Å²) < 4.78 is 7.94. The van der Waals surface area contributed by atoms with Gasteiger partial charge in [0.2, 0.25) is 5.89 Å². The molecule has 26 heavy (non-hydrogen) atoms. The van der Waals surface area contributed by atoms with Crippen LogP contribution in [0.4, 0.5) is 0 Å². The minimum absolute atomic E-state index is 0.0191. The third-order valence-corrected chi connectivity index (χ3v) is 5.81. The van der Waals surface area contributed by atoms with E-state index in [-0.39, 0.29) is 5.25 Å². The summed E-state index contributed by atoms with van der Waals surface area (Å²) >= 11 is 3.15. The van der Waals surface area contributed by atoms with E-state index in [4.69, 9.17) is 4.42 Å². The molecule has 0 radical (unpaired) electrons. The number of thiophene rings is 1. The van der Waals surface area contributed by atoms with E-state index in [0.29, 0.717) is 11.8 Å². The second-order valence-corrected chi connectivity index (χ2v) is 8.04. The Morgan fingerprint density at radius 2 is 1.92 bits per heavy atom. The highest BCUT2D eigenvalue weighted by Crippen LogP contribution is 2.35. The number of thioether (sulfide) groups is 1. The number of benzene rings is 1. The van der Waals surface area contributed by atoms with Gasteiger partial charge in [0.05, 0.1) is 16.7 Å². The number of hydrogen-bond acceptors (Lipinski definition) is 7. The smallest absolute Gasteiger partial charge is 0.257 e. The van der Waals surface area contributed by atoms with Crippen molar-refractivity contribution in [2.75, 3.05) is 0 Å². The lowest BCUT2D eigenvalue weighted by Crippen LogP contribution is -2.04. The molecule has 4 rings (SSSR count). The van der Waals surface area contributed by atoms with Crippen LogP contribution >= 0.6 is 23.1 Å².